The van der Waals surface area contributed by atoms with Crippen LogP contribution in [0.2, 0.25) is 0 Å². The molecule has 0 fully saturated rings. The number of benzene rings is 1. The fraction of sp³-hybridized carbons (Fsp3) is 0.261. The van der Waals surface area contributed by atoms with Crippen molar-refractivity contribution in [2.75, 3.05) is 7.11 Å². The van der Waals surface area contributed by atoms with Gasteiger partial charge < -0.3 is 14.6 Å². The van der Waals surface area contributed by atoms with Crippen LogP contribution in [0.3, 0.4) is 0 Å². The predicted molar refractivity (Wildman–Crippen MR) is 118 cm³/mol. The number of rotatable bonds is 6. The summed E-state index contributed by atoms with van der Waals surface area (Å²) in [4.78, 5) is 25.6. The third kappa shape index (κ3) is 4.51. The van der Waals surface area contributed by atoms with E-state index < -0.39 is 0 Å². The Labute approximate surface area is 185 Å². The van der Waals surface area contributed by atoms with E-state index in [1.807, 2.05) is 45.0 Å². The van der Waals surface area contributed by atoms with Crippen LogP contribution in [0.4, 0.5) is 0 Å². The largest absolute Gasteiger partial charge is 0.496 e. The molecule has 0 saturated heterocycles. The Morgan fingerprint density at radius 3 is 2.75 bits per heavy atom. The third-order valence-electron chi connectivity index (χ3n) is 4.80. The van der Waals surface area contributed by atoms with Crippen LogP contribution in [0.25, 0.3) is 17.3 Å². The van der Waals surface area contributed by atoms with E-state index >= 15 is 0 Å². The van der Waals surface area contributed by atoms with E-state index in [-0.39, 0.29) is 17.0 Å². The van der Waals surface area contributed by atoms with Gasteiger partial charge in [-0.05, 0) is 18.2 Å². The molecule has 4 rings (SSSR count). The van der Waals surface area contributed by atoms with Crippen molar-refractivity contribution >= 4 is 5.91 Å². The highest BCUT2D eigenvalue weighted by molar-refractivity contribution is 5.92. The number of hydrogen-bond donors (Lipinski definition) is 1. The number of pyridine rings is 1. The van der Waals surface area contributed by atoms with Crippen LogP contribution in [0.15, 0.2) is 59.6 Å². The number of nitrogens with zero attached hydrogens (tertiary/aromatic N) is 5. The molecule has 9 heteroatoms. The van der Waals surface area contributed by atoms with Gasteiger partial charge in [-0.2, -0.15) is 4.98 Å². The number of methoxy groups -OCH3 is 1. The molecular formula is C23H24N6O3. The van der Waals surface area contributed by atoms with Gasteiger partial charge in [0, 0.05) is 35.5 Å². The first-order valence-corrected chi connectivity index (χ1v) is 10.1. The van der Waals surface area contributed by atoms with Gasteiger partial charge in [0.2, 0.25) is 0 Å². The van der Waals surface area contributed by atoms with Crippen molar-refractivity contribution in [1.29, 1.82) is 0 Å². The molecule has 0 unspecified atom stereocenters. The molecule has 0 aliphatic carbocycles. The Balaban J connectivity index is 1.49. The summed E-state index contributed by atoms with van der Waals surface area (Å²) in [5.41, 5.74) is 1.67. The lowest BCUT2D eigenvalue weighted by molar-refractivity contribution is 0.0946. The average molecular weight is 432 g/mol. The normalized spacial score (nSPS) is 11.4. The smallest absolute Gasteiger partial charge is 0.271 e. The van der Waals surface area contributed by atoms with Crippen molar-refractivity contribution < 1.29 is 14.1 Å². The van der Waals surface area contributed by atoms with Gasteiger partial charge in [0.15, 0.2) is 5.82 Å². The maximum Gasteiger partial charge on any atom is 0.271 e. The number of carbonyl (C=O) groups is 1. The van der Waals surface area contributed by atoms with Crippen molar-refractivity contribution in [3.05, 3.63) is 72.2 Å². The maximum atomic E-state index is 12.6. The maximum absolute atomic E-state index is 12.6. The van der Waals surface area contributed by atoms with E-state index in [2.05, 4.69) is 25.4 Å². The number of carbonyl (C=O) groups excluding carboxylic acids is 1. The van der Waals surface area contributed by atoms with Crippen LogP contribution < -0.4 is 10.1 Å². The molecule has 3 aromatic heterocycles. The zero-order valence-corrected chi connectivity index (χ0v) is 18.4. The van der Waals surface area contributed by atoms with E-state index in [9.17, 15) is 4.79 Å². The first-order chi connectivity index (χ1) is 15.3. The summed E-state index contributed by atoms with van der Waals surface area (Å²) in [7, 11) is 1.60. The lowest BCUT2D eigenvalue weighted by Gasteiger charge is -2.10. The quantitative estimate of drug-likeness (QED) is 0.496. The molecule has 1 aromatic carbocycles. The number of para-hydroxylation sites is 1. The number of hydrogen-bond acceptors (Lipinski definition) is 7. The number of aromatic nitrogens is 5. The molecule has 164 valence electrons. The molecule has 0 saturated carbocycles. The van der Waals surface area contributed by atoms with E-state index in [4.69, 9.17) is 9.26 Å². The zero-order valence-electron chi connectivity index (χ0n) is 18.4. The van der Waals surface area contributed by atoms with Crippen LogP contribution >= 0.6 is 0 Å². The minimum Gasteiger partial charge on any atom is -0.496 e. The first kappa shape index (κ1) is 21.2. The lowest BCUT2D eigenvalue weighted by Crippen LogP contribution is -2.23. The third-order valence-corrected chi connectivity index (χ3v) is 4.80. The van der Waals surface area contributed by atoms with Gasteiger partial charge in [0.25, 0.3) is 11.8 Å². The molecule has 0 radical (unpaired) electrons. The SMILES string of the molecule is COc1ccccc1CNC(=O)c1cn(-c2cc(-c3nc(C(C)(C)C)no3)ccn2)cn1. The van der Waals surface area contributed by atoms with Gasteiger partial charge in [0.05, 0.1) is 7.11 Å². The van der Waals surface area contributed by atoms with Crippen molar-refractivity contribution in [1.82, 2.24) is 30.0 Å². The molecule has 0 aliphatic rings. The fourth-order valence-electron chi connectivity index (χ4n) is 3.02. The fourth-order valence-corrected chi connectivity index (χ4v) is 3.02. The van der Waals surface area contributed by atoms with Crippen LogP contribution in [0.5, 0.6) is 5.75 Å². The highest BCUT2D eigenvalue weighted by Gasteiger charge is 2.22. The van der Waals surface area contributed by atoms with Gasteiger partial charge in [-0.1, -0.05) is 44.1 Å². The van der Waals surface area contributed by atoms with Gasteiger partial charge in [0.1, 0.15) is 23.6 Å². The number of imidazole rings is 1. The van der Waals surface area contributed by atoms with Crippen LogP contribution in [-0.2, 0) is 12.0 Å². The van der Waals surface area contributed by atoms with E-state index in [0.29, 0.717) is 24.1 Å². The molecule has 0 bridgehead atoms. The number of nitrogens with one attached hydrogen (secondary N) is 1. The second kappa shape index (κ2) is 8.62. The lowest BCUT2D eigenvalue weighted by atomic mass is 9.96. The topological polar surface area (TPSA) is 108 Å². The van der Waals surface area contributed by atoms with E-state index in [0.717, 1.165) is 16.9 Å². The molecule has 4 aromatic rings. The Morgan fingerprint density at radius 2 is 2.00 bits per heavy atom. The van der Waals surface area contributed by atoms with Gasteiger partial charge >= 0.3 is 0 Å². The van der Waals surface area contributed by atoms with Crippen LogP contribution in [0.1, 0.15) is 42.6 Å². The Bertz CT molecular complexity index is 1240. The standard InChI is InChI=1S/C23H24N6O3/c1-23(2,3)22-27-21(32-28-22)15-9-10-24-19(11-15)29-13-17(26-14-29)20(30)25-12-16-7-5-6-8-18(16)31-4/h5-11,13-14H,12H2,1-4H3,(H,25,30). The summed E-state index contributed by atoms with van der Waals surface area (Å²) in [5.74, 6) is 2.04. The molecule has 1 N–H and O–H groups in total. The molecule has 3 heterocycles. The van der Waals surface area contributed by atoms with Crippen LogP contribution in [0, 0.1) is 0 Å². The highest BCUT2D eigenvalue weighted by atomic mass is 16.5. The van der Waals surface area contributed by atoms with Gasteiger partial charge in [-0.15, -0.1) is 0 Å². The number of amides is 1. The molecule has 0 atom stereocenters. The summed E-state index contributed by atoms with van der Waals surface area (Å²) in [6.45, 7) is 6.39. The van der Waals surface area contributed by atoms with Crippen molar-refractivity contribution in [2.45, 2.75) is 32.7 Å². The minimum atomic E-state index is -0.294. The van der Waals surface area contributed by atoms with E-state index in [1.54, 1.807) is 42.5 Å². The summed E-state index contributed by atoms with van der Waals surface area (Å²) in [5, 5.41) is 6.92. The van der Waals surface area contributed by atoms with Crippen molar-refractivity contribution in [2.24, 2.45) is 0 Å². The Kier molecular flexibility index (Phi) is 5.72. The van der Waals surface area contributed by atoms with Crippen molar-refractivity contribution in [3.8, 4) is 23.0 Å². The van der Waals surface area contributed by atoms with Gasteiger partial charge in [-0.3, -0.25) is 9.36 Å². The zero-order chi connectivity index (χ0) is 22.7. The molecule has 0 spiro atoms. The molecular weight excluding hydrogens is 408 g/mol. The second-order valence-electron chi connectivity index (χ2n) is 8.24. The average Bonchev–Trinajstić information content (AvgIpc) is 3.48. The van der Waals surface area contributed by atoms with E-state index in [1.165, 1.54) is 0 Å². The Morgan fingerprint density at radius 1 is 1.19 bits per heavy atom. The molecule has 9 nitrogen and oxygen atoms in total. The summed E-state index contributed by atoms with van der Waals surface area (Å²) in [6.07, 6.45) is 4.81. The summed E-state index contributed by atoms with van der Waals surface area (Å²) in [6, 6.07) is 11.1. The van der Waals surface area contributed by atoms with Gasteiger partial charge in [-0.25, -0.2) is 9.97 Å². The molecule has 0 aliphatic heterocycles. The Hall–Kier alpha value is -4.01. The molecule has 1 amide bonds. The predicted octanol–water partition coefficient (Wildman–Crippen LogP) is 3.55. The first-order valence-electron chi connectivity index (χ1n) is 10.1. The van der Waals surface area contributed by atoms with Crippen LogP contribution in [-0.4, -0.2) is 37.7 Å². The minimum absolute atomic E-state index is 0.214. The second-order valence-corrected chi connectivity index (χ2v) is 8.24. The summed E-state index contributed by atoms with van der Waals surface area (Å²) < 4.78 is 12.4. The highest BCUT2D eigenvalue weighted by Crippen LogP contribution is 2.24. The van der Waals surface area contributed by atoms with Crippen molar-refractivity contribution in [3.63, 3.8) is 0 Å². The monoisotopic (exact) mass is 432 g/mol. The number of ether oxygens (including phenoxy) is 1. The molecule has 32 heavy (non-hydrogen) atoms. The summed E-state index contributed by atoms with van der Waals surface area (Å²) >= 11 is 0.